The minimum absolute atomic E-state index is 0.0571. The van der Waals surface area contributed by atoms with Crippen LogP contribution in [0.4, 0.5) is 4.79 Å². The number of fused-ring (bicyclic) bond motifs is 1. The summed E-state index contributed by atoms with van der Waals surface area (Å²) in [6.45, 7) is 14.1. The number of alkyl carbamates (subject to hydrolysis) is 1. The number of hydrogen-bond acceptors (Lipinski definition) is 5. The van der Waals surface area contributed by atoms with Crippen LogP contribution in [0.1, 0.15) is 70.0 Å². The highest BCUT2D eigenvalue weighted by Gasteiger charge is 2.52. The van der Waals surface area contributed by atoms with Gasteiger partial charge in [-0.15, -0.1) is 0 Å². The fourth-order valence-corrected chi connectivity index (χ4v) is 3.24. The van der Waals surface area contributed by atoms with Crippen molar-refractivity contribution >= 4 is 25.2 Å². The van der Waals surface area contributed by atoms with Crippen LogP contribution in [0.2, 0.25) is 0 Å². The molecule has 0 aliphatic carbocycles. The molecule has 1 aromatic rings. The largest absolute Gasteiger partial charge is 0.492 e. The fraction of sp³-hybridized carbons (Fsp3) is 0.545. The normalized spacial score (nSPS) is 20.0. The van der Waals surface area contributed by atoms with E-state index in [1.54, 1.807) is 0 Å². The molecule has 0 saturated carbocycles. The molecule has 7 nitrogen and oxygen atoms in total. The van der Waals surface area contributed by atoms with E-state index in [4.69, 9.17) is 14.0 Å². The van der Waals surface area contributed by atoms with Crippen LogP contribution in [-0.4, -0.2) is 42.5 Å². The number of rotatable bonds is 4. The molecule has 8 heteroatoms. The Morgan fingerprint density at radius 1 is 1.23 bits per heavy atom. The van der Waals surface area contributed by atoms with Gasteiger partial charge in [-0.3, -0.25) is 4.79 Å². The van der Waals surface area contributed by atoms with Gasteiger partial charge in [-0.1, -0.05) is 12.1 Å². The number of nitrogens with one attached hydrogen (secondary N) is 2. The Kier molecular flexibility index (Phi) is 5.77. The third kappa shape index (κ3) is 4.87. The second-order valence-electron chi connectivity index (χ2n) is 9.76. The van der Waals surface area contributed by atoms with Gasteiger partial charge < -0.3 is 24.7 Å². The van der Waals surface area contributed by atoms with Gasteiger partial charge in [0.2, 0.25) is 0 Å². The van der Waals surface area contributed by atoms with Crippen LogP contribution in [0.15, 0.2) is 23.7 Å². The SMILES string of the molecule is CC(C)(C)OC(=O)NCC(=Cc1ccc2c(c1)CNC2=O)B1OC(C)(C)C(C)(C)O1. The molecule has 162 valence electrons. The standard InChI is InChI=1S/C22H31BN2O5/c1-20(2,3)28-19(27)25-13-16(23-29-21(4,5)22(6,7)30-23)11-14-8-9-17-15(10-14)12-24-18(17)26/h8-11H,12-13H2,1-7H3,(H,24,26)(H,25,27). The zero-order chi connectivity index (χ0) is 22.3. The maximum atomic E-state index is 12.2. The number of hydrogen-bond donors (Lipinski definition) is 2. The van der Waals surface area contributed by atoms with Crippen molar-refractivity contribution < 1.29 is 23.6 Å². The van der Waals surface area contributed by atoms with Crippen LogP contribution < -0.4 is 10.6 Å². The molecular weight excluding hydrogens is 383 g/mol. The second-order valence-corrected chi connectivity index (χ2v) is 9.76. The first kappa shape index (κ1) is 22.4. The Bertz CT molecular complexity index is 870. The Morgan fingerprint density at radius 3 is 2.47 bits per heavy atom. The maximum Gasteiger partial charge on any atom is 0.492 e. The van der Waals surface area contributed by atoms with Gasteiger partial charge in [0.1, 0.15) is 5.60 Å². The molecular formula is C22H31BN2O5. The summed E-state index contributed by atoms with van der Waals surface area (Å²) in [7, 11) is -0.613. The molecule has 0 unspecified atom stereocenters. The molecule has 0 aromatic heterocycles. The molecule has 0 radical (unpaired) electrons. The van der Waals surface area contributed by atoms with Gasteiger partial charge in [-0.25, -0.2) is 4.79 Å². The quantitative estimate of drug-likeness (QED) is 0.737. The van der Waals surface area contributed by atoms with Gasteiger partial charge >= 0.3 is 13.2 Å². The molecule has 1 fully saturated rings. The fourth-order valence-electron chi connectivity index (χ4n) is 3.24. The first-order chi connectivity index (χ1) is 13.8. The van der Waals surface area contributed by atoms with Crippen molar-refractivity contribution in [1.82, 2.24) is 10.6 Å². The van der Waals surface area contributed by atoms with Crippen molar-refractivity contribution in [2.45, 2.75) is 71.8 Å². The molecule has 0 bridgehead atoms. The van der Waals surface area contributed by atoms with Gasteiger partial charge in [-0.05, 0) is 77.2 Å². The zero-order valence-electron chi connectivity index (χ0n) is 18.8. The topological polar surface area (TPSA) is 85.9 Å². The van der Waals surface area contributed by atoms with Crippen LogP contribution >= 0.6 is 0 Å². The summed E-state index contributed by atoms with van der Waals surface area (Å²) >= 11 is 0. The Morgan fingerprint density at radius 2 is 1.87 bits per heavy atom. The Hall–Kier alpha value is -2.32. The summed E-state index contributed by atoms with van der Waals surface area (Å²) in [4.78, 5) is 24.0. The molecule has 1 aromatic carbocycles. The molecule has 3 rings (SSSR count). The summed E-state index contributed by atoms with van der Waals surface area (Å²) in [5.41, 5.74) is 1.71. The van der Waals surface area contributed by atoms with Crippen molar-refractivity contribution in [3.8, 4) is 0 Å². The van der Waals surface area contributed by atoms with Crippen molar-refractivity contribution in [3.05, 3.63) is 40.4 Å². The number of carbonyl (C=O) groups excluding carboxylic acids is 2. The second kappa shape index (κ2) is 7.74. The van der Waals surface area contributed by atoms with E-state index in [9.17, 15) is 9.59 Å². The molecule has 2 N–H and O–H groups in total. The molecule has 30 heavy (non-hydrogen) atoms. The van der Waals surface area contributed by atoms with Crippen molar-refractivity contribution in [3.63, 3.8) is 0 Å². The first-order valence-corrected chi connectivity index (χ1v) is 10.2. The Balaban J connectivity index is 1.85. The predicted octanol–water partition coefficient (Wildman–Crippen LogP) is 3.47. The van der Waals surface area contributed by atoms with Crippen LogP contribution in [0, 0.1) is 0 Å². The summed E-state index contributed by atoms with van der Waals surface area (Å²) in [6.07, 6.45) is 1.43. The summed E-state index contributed by atoms with van der Waals surface area (Å²) in [6, 6.07) is 5.65. The van der Waals surface area contributed by atoms with Crippen LogP contribution in [0.5, 0.6) is 0 Å². The summed E-state index contributed by atoms with van der Waals surface area (Å²) in [5.74, 6) is -0.0571. The monoisotopic (exact) mass is 414 g/mol. The first-order valence-electron chi connectivity index (χ1n) is 10.2. The van der Waals surface area contributed by atoms with Crippen molar-refractivity contribution in [2.24, 2.45) is 0 Å². The average Bonchev–Trinajstić information content (AvgIpc) is 3.06. The summed E-state index contributed by atoms with van der Waals surface area (Å²) in [5, 5.41) is 5.62. The molecule has 2 amide bonds. The third-order valence-corrected chi connectivity index (χ3v) is 5.56. The van der Waals surface area contributed by atoms with Gasteiger partial charge in [0.05, 0.1) is 11.2 Å². The van der Waals surface area contributed by atoms with Gasteiger partial charge in [0, 0.05) is 18.7 Å². The number of carbonyl (C=O) groups is 2. The minimum atomic E-state index is -0.613. The van der Waals surface area contributed by atoms with Crippen molar-refractivity contribution in [2.75, 3.05) is 6.54 Å². The number of amides is 2. The highest BCUT2D eigenvalue weighted by Crippen LogP contribution is 2.38. The predicted molar refractivity (Wildman–Crippen MR) is 116 cm³/mol. The van der Waals surface area contributed by atoms with Crippen LogP contribution in [-0.2, 0) is 20.6 Å². The number of benzene rings is 1. The van der Waals surface area contributed by atoms with Gasteiger partial charge in [0.15, 0.2) is 0 Å². The lowest BCUT2D eigenvalue weighted by molar-refractivity contribution is 0.00578. The smallest absolute Gasteiger partial charge is 0.444 e. The molecule has 0 atom stereocenters. The zero-order valence-corrected chi connectivity index (χ0v) is 18.8. The van der Waals surface area contributed by atoms with Crippen LogP contribution in [0.25, 0.3) is 6.08 Å². The highest BCUT2D eigenvalue weighted by molar-refractivity contribution is 6.56. The van der Waals surface area contributed by atoms with E-state index in [1.807, 2.05) is 72.7 Å². The molecule has 0 spiro atoms. The summed E-state index contributed by atoms with van der Waals surface area (Å²) < 4.78 is 17.7. The van der Waals surface area contributed by atoms with E-state index in [0.29, 0.717) is 12.1 Å². The van der Waals surface area contributed by atoms with Crippen molar-refractivity contribution in [1.29, 1.82) is 0 Å². The molecule has 2 aliphatic heterocycles. The van der Waals surface area contributed by atoms with E-state index >= 15 is 0 Å². The maximum absolute atomic E-state index is 12.2. The molecule has 1 saturated heterocycles. The van der Waals surface area contributed by atoms with E-state index in [-0.39, 0.29) is 12.5 Å². The molecule has 2 aliphatic rings. The third-order valence-electron chi connectivity index (χ3n) is 5.56. The lowest BCUT2D eigenvalue weighted by Gasteiger charge is -2.32. The highest BCUT2D eigenvalue weighted by atomic mass is 16.7. The average molecular weight is 414 g/mol. The molecule has 2 heterocycles. The van der Waals surface area contributed by atoms with E-state index in [2.05, 4.69) is 10.6 Å². The minimum Gasteiger partial charge on any atom is -0.444 e. The lowest BCUT2D eigenvalue weighted by atomic mass is 9.77. The number of ether oxygens (including phenoxy) is 1. The Labute approximate surface area is 178 Å². The lowest BCUT2D eigenvalue weighted by Crippen LogP contribution is -2.41. The van der Waals surface area contributed by atoms with Gasteiger partial charge in [0.25, 0.3) is 5.91 Å². The van der Waals surface area contributed by atoms with Gasteiger partial charge in [-0.2, -0.15) is 0 Å². The van der Waals surface area contributed by atoms with E-state index in [1.165, 1.54) is 0 Å². The van der Waals surface area contributed by atoms with Crippen LogP contribution in [0.3, 0.4) is 0 Å². The van der Waals surface area contributed by atoms with E-state index < -0.39 is 30.0 Å². The van der Waals surface area contributed by atoms with E-state index in [0.717, 1.165) is 16.6 Å².